The first-order valence-electron chi connectivity index (χ1n) is 7.26. The van der Waals surface area contributed by atoms with Crippen molar-refractivity contribution in [1.29, 1.82) is 0 Å². The highest BCUT2D eigenvalue weighted by molar-refractivity contribution is 5.83. The topological polar surface area (TPSA) is 32.3 Å². The first-order valence-corrected chi connectivity index (χ1v) is 7.26. The van der Waals surface area contributed by atoms with Gasteiger partial charge in [0.2, 0.25) is 5.91 Å². The highest BCUT2D eigenvalue weighted by atomic mass is 16.2. The van der Waals surface area contributed by atoms with Gasteiger partial charge >= 0.3 is 0 Å². The molecule has 0 spiro atoms. The molecule has 1 aliphatic carbocycles. The smallest absolute Gasteiger partial charge is 0.240 e. The molecule has 1 saturated heterocycles. The first-order chi connectivity index (χ1) is 9.18. The lowest BCUT2D eigenvalue weighted by atomic mass is 10.0. The lowest BCUT2D eigenvalue weighted by Crippen LogP contribution is -2.45. The zero-order valence-corrected chi connectivity index (χ0v) is 11.7. The van der Waals surface area contributed by atoms with Crippen molar-refractivity contribution >= 4 is 5.91 Å². The maximum Gasteiger partial charge on any atom is 0.240 e. The number of hydrogen-bond donors (Lipinski definition) is 1. The van der Waals surface area contributed by atoms with Gasteiger partial charge < -0.3 is 10.2 Å². The summed E-state index contributed by atoms with van der Waals surface area (Å²) in [5.41, 5.74) is 2.74. The average Bonchev–Trinajstić information content (AvgIpc) is 3.03. The third-order valence-electron chi connectivity index (χ3n) is 4.72. The zero-order chi connectivity index (χ0) is 13.4. The van der Waals surface area contributed by atoms with Crippen molar-refractivity contribution in [3.05, 3.63) is 35.4 Å². The Morgan fingerprint density at radius 3 is 2.84 bits per heavy atom. The van der Waals surface area contributed by atoms with E-state index in [4.69, 9.17) is 0 Å². The molecule has 1 aromatic rings. The summed E-state index contributed by atoms with van der Waals surface area (Å²) < 4.78 is 0. The molecule has 0 saturated carbocycles. The standard InChI is InChI=1S/C16H22N2O/c1-11-9-10-17-15(11)16(19)18(2)14-8-7-12-5-3-4-6-13(12)14/h3-6,11,14-15,17H,7-10H2,1-2H3. The molecule has 102 valence electrons. The van der Waals surface area contributed by atoms with E-state index in [0.29, 0.717) is 5.92 Å². The van der Waals surface area contributed by atoms with Crippen LogP contribution in [0.4, 0.5) is 0 Å². The maximum absolute atomic E-state index is 12.6. The summed E-state index contributed by atoms with van der Waals surface area (Å²) in [5.74, 6) is 0.707. The number of likely N-dealkylation sites (N-methyl/N-ethyl adjacent to an activating group) is 1. The van der Waals surface area contributed by atoms with Gasteiger partial charge in [-0.2, -0.15) is 0 Å². The van der Waals surface area contributed by atoms with E-state index >= 15 is 0 Å². The van der Waals surface area contributed by atoms with Crippen molar-refractivity contribution in [2.75, 3.05) is 13.6 Å². The third kappa shape index (κ3) is 2.16. The second kappa shape index (κ2) is 4.97. The Bertz CT molecular complexity index is 485. The van der Waals surface area contributed by atoms with Crippen LogP contribution in [0, 0.1) is 5.92 Å². The summed E-state index contributed by atoms with van der Waals surface area (Å²) in [6.45, 7) is 3.13. The van der Waals surface area contributed by atoms with Gasteiger partial charge in [-0.25, -0.2) is 0 Å². The van der Waals surface area contributed by atoms with E-state index < -0.39 is 0 Å². The number of carbonyl (C=O) groups is 1. The number of fused-ring (bicyclic) bond motifs is 1. The van der Waals surface area contributed by atoms with E-state index in [0.717, 1.165) is 25.8 Å². The Kier molecular flexibility index (Phi) is 3.31. The molecule has 1 fully saturated rings. The van der Waals surface area contributed by atoms with Crippen LogP contribution in [-0.2, 0) is 11.2 Å². The van der Waals surface area contributed by atoms with Crippen LogP contribution < -0.4 is 5.32 Å². The van der Waals surface area contributed by atoms with Crippen LogP contribution in [0.25, 0.3) is 0 Å². The van der Waals surface area contributed by atoms with Crippen molar-refractivity contribution in [2.45, 2.75) is 38.3 Å². The second-order valence-electron chi connectivity index (χ2n) is 5.90. The quantitative estimate of drug-likeness (QED) is 0.881. The molecule has 3 atom stereocenters. The molecule has 19 heavy (non-hydrogen) atoms. The lowest BCUT2D eigenvalue weighted by Gasteiger charge is -2.29. The molecule has 1 aliphatic heterocycles. The Balaban J connectivity index is 1.78. The fourth-order valence-electron chi connectivity index (χ4n) is 3.47. The van der Waals surface area contributed by atoms with E-state index in [1.165, 1.54) is 11.1 Å². The van der Waals surface area contributed by atoms with Gasteiger partial charge in [0.1, 0.15) is 0 Å². The van der Waals surface area contributed by atoms with Crippen LogP contribution in [0.2, 0.25) is 0 Å². The summed E-state index contributed by atoms with van der Waals surface area (Å²) in [6.07, 6.45) is 3.25. The SMILES string of the molecule is CC1CCNC1C(=O)N(C)C1CCc2ccccc21. The molecular formula is C16H22N2O. The van der Waals surface area contributed by atoms with E-state index in [2.05, 4.69) is 36.5 Å². The van der Waals surface area contributed by atoms with Crippen molar-refractivity contribution in [2.24, 2.45) is 5.92 Å². The fourth-order valence-corrected chi connectivity index (χ4v) is 3.47. The van der Waals surface area contributed by atoms with E-state index in [-0.39, 0.29) is 18.0 Å². The van der Waals surface area contributed by atoms with Gasteiger partial charge in [-0.15, -0.1) is 0 Å². The van der Waals surface area contributed by atoms with Crippen LogP contribution in [0.1, 0.15) is 36.9 Å². The predicted octanol–water partition coefficient (Wildman–Crippen LogP) is 2.13. The van der Waals surface area contributed by atoms with Crippen molar-refractivity contribution in [3.8, 4) is 0 Å². The van der Waals surface area contributed by atoms with Gasteiger partial charge in [-0.05, 0) is 42.9 Å². The molecular weight excluding hydrogens is 236 g/mol. The Hall–Kier alpha value is -1.35. The lowest BCUT2D eigenvalue weighted by molar-refractivity contribution is -0.134. The van der Waals surface area contributed by atoms with E-state index in [1.807, 2.05) is 11.9 Å². The van der Waals surface area contributed by atoms with Gasteiger partial charge in [0.05, 0.1) is 12.1 Å². The number of rotatable bonds is 2. The van der Waals surface area contributed by atoms with Gasteiger partial charge in [0.15, 0.2) is 0 Å². The van der Waals surface area contributed by atoms with E-state index in [1.54, 1.807) is 0 Å². The molecule has 1 amide bonds. The minimum absolute atomic E-state index is 0.0118. The molecule has 3 heteroatoms. The number of aryl methyl sites for hydroxylation is 1. The summed E-state index contributed by atoms with van der Waals surface area (Å²) in [6, 6.07) is 8.79. The molecule has 2 aliphatic rings. The number of amides is 1. The molecule has 3 nitrogen and oxygen atoms in total. The molecule has 1 aromatic carbocycles. The van der Waals surface area contributed by atoms with Crippen LogP contribution in [0.3, 0.4) is 0 Å². The summed E-state index contributed by atoms with van der Waals surface area (Å²) >= 11 is 0. The van der Waals surface area contributed by atoms with Crippen LogP contribution in [0.5, 0.6) is 0 Å². The minimum Gasteiger partial charge on any atom is -0.337 e. The van der Waals surface area contributed by atoms with Crippen molar-refractivity contribution < 1.29 is 4.79 Å². The molecule has 3 rings (SSSR count). The second-order valence-corrected chi connectivity index (χ2v) is 5.90. The first kappa shape index (κ1) is 12.7. The molecule has 0 bridgehead atoms. The molecule has 0 radical (unpaired) electrons. The normalized spacial score (nSPS) is 29.3. The third-order valence-corrected chi connectivity index (χ3v) is 4.72. The monoisotopic (exact) mass is 258 g/mol. The van der Waals surface area contributed by atoms with Gasteiger partial charge in [-0.3, -0.25) is 4.79 Å². The van der Waals surface area contributed by atoms with Crippen LogP contribution in [0.15, 0.2) is 24.3 Å². The van der Waals surface area contributed by atoms with Crippen molar-refractivity contribution in [1.82, 2.24) is 10.2 Å². The predicted molar refractivity (Wildman–Crippen MR) is 75.8 cm³/mol. The number of hydrogen-bond acceptors (Lipinski definition) is 2. The number of carbonyl (C=O) groups excluding carboxylic acids is 1. The fraction of sp³-hybridized carbons (Fsp3) is 0.562. The van der Waals surface area contributed by atoms with E-state index in [9.17, 15) is 4.79 Å². The Morgan fingerprint density at radius 2 is 2.11 bits per heavy atom. The molecule has 3 unspecified atom stereocenters. The Labute approximate surface area is 115 Å². The Morgan fingerprint density at radius 1 is 1.32 bits per heavy atom. The summed E-state index contributed by atoms with van der Waals surface area (Å²) in [7, 11) is 1.96. The highest BCUT2D eigenvalue weighted by Gasteiger charge is 2.35. The maximum atomic E-state index is 12.6. The minimum atomic E-state index is 0.0118. The van der Waals surface area contributed by atoms with Gasteiger partial charge in [0.25, 0.3) is 0 Å². The number of benzene rings is 1. The van der Waals surface area contributed by atoms with Crippen LogP contribution in [-0.4, -0.2) is 30.4 Å². The largest absolute Gasteiger partial charge is 0.337 e. The molecule has 0 aromatic heterocycles. The van der Waals surface area contributed by atoms with Gasteiger partial charge in [0, 0.05) is 7.05 Å². The molecule has 1 N–H and O–H groups in total. The van der Waals surface area contributed by atoms with Crippen LogP contribution >= 0.6 is 0 Å². The summed E-state index contributed by atoms with van der Waals surface area (Å²) in [5, 5.41) is 3.34. The zero-order valence-electron chi connectivity index (χ0n) is 11.7. The molecule has 1 heterocycles. The number of nitrogens with zero attached hydrogens (tertiary/aromatic N) is 1. The summed E-state index contributed by atoms with van der Waals surface area (Å²) in [4.78, 5) is 14.6. The number of nitrogens with one attached hydrogen (secondary N) is 1. The highest BCUT2D eigenvalue weighted by Crippen LogP contribution is 2.35. The average molecular weight is 258 g/mol. The van der Waals surface area contributed by atoms with Crippen molar-refractivity contribution in [3.63, 3.8) is 0 Å². The van der Waals surface area contributed by atoms with Gasteiger partial charge in [-0.1, -0.05) is 31.2 Å².